The second-order valence-corrected chi connectivity index (χ2v) is 5.82. The monoisotopic (exact) mass is 352 g/mol. The largest absolute Gasteiger partial charge is 0.487 e. The summed E-state index contributed by atoms with van der Waals surface area (Å²) in [6.07, 6.45) is 2.87. The van der Waals surface area contributed by atoms with Gasteiger partial charge in [0.05, 0.1) is 17.6 Å². The van der Waals surface area contributed by atoms with E-state index >= 15 is 0 Å². The van der Waals surface area contributed by atoms with Gasteiger partial charge in [-0.25, -0.2) is 9.48 Å². The van der Waals surface area contributed by atoms with E-state index in [4.69, 9.17) is 9.84 Å². The van der Waals surface area contributed by atoms with Gasteiger partial charge in [0.1, 0.15) is 17.9 Å². The summed E-state index contributed by atoms with van der Waals surface area (Å²) in [5, 5.41) is 22.5. The van der Waals surface area contributed by atoms with E-state index in [2.05, 4.69) is 5.10 Å². The van der Waals surface area contributed by atoms with Gasteiger partial charge in [0.15, 0.2) is 0 Å². The molecule has 0 fully saturated rings. The summed E-state index contributed by atoms with van der Waals surface area (Å²) in [5.41, 5.74) is 2.49. The highest BCUT2D eigenvalue weighted by Crippen LogP contribution is 2.19. The molecule has 26 heavy (non-hydrogen) atoms. The Morgan fingerprint density at radius 3 is 2.46 bits per heavy atom. The molecule has 134 valence electrons. The van der Waals surface area contributed by atoms with E-state index in [1.54, 1.807) is 4.68 Å². The van der Waals surface area contributed by atoms with Crippen LogP contribution in [0.15, 0.2) is 60.8 Å². The Morgan fingerprint density at radius 1 is 1.08 bits per heavy atom. The van der Waals surface area contributed by atoms with E-state index in [1.165, 1.54) is 6.20 Å². The van der Waals surface area contributed by atoms with Gasteiger partial charge in [-0.1, -0.05) is 30.3 Å². The Balaban J connectivity index is 1.78. The van der Waals surface area contributed by atoms with Crippen molar-refractivity contribution in [1.82, 2.24) is 9.78 Å². The average molecular weight is 352 g/mol. The lowest BCUT2D eigenvalue weighted by Gasteiger charge is -2.11. The van der Waals surface area contributed by atoms with Gasteiger partial charge in [-0.05, 0) is 42.7 Å². The third-order valence-corrected chi connectivity index (χ3v) is 4.02. The normalized spacial score (nSPS) is 10.7. The number of aromatic carboxylic acids is 1. The minimum Gasteiger partial charge on any atom is -0.487 e. The van der Waals surface area contributed by atoms with Gasteiger partial charge < -0.3 is 14.9 Å². The first kappa shape index (κ1) is 17.7. The lowest BCUT2D eigenvalue weighted by molar-refractivity contribution is 0.0693. The molecule has 0 saturated heterocycles. The maximum absolute atomic E-state index is 11.5. The number of aromatic nitrogens is 2. The molecule has 0 saturated carbocycles. The SMILES string of the molecule is O=C(O)c1cnn(-c2ccccc2)c1COc1ccc(CCCO)cc1. The standard InChI is InChI=1S/C20H20N2O4/c23-12-4-5-15-8-10-17(11-9-15)26-14-19-18(20(24)25)13-21-22(19)16-6-2-1-3-7-16/h1-3,6-11,13,23H,4-5,12,14H2,(H,24,25). The topological polar surface area (TPSA) is 84.6 Å². The Bertz CT molecular complexity index is 857. The molecular formula is C20H20N2O4. The van der Waals surface area contributed by atoms with Crippen molar-refractivity contribution >= 4 is 5.97 Å². The first-order valence-electron chi connectivity index (χ1n) is 8.37. The number of carboxylic acid groups (broad SMARTS) is 1. The zero-order valence-corrected chi connectivity index (χ0v) is 14.2. The van der Waals surface area contributed by atoms with Crippen LogP contribution in [0.4, 0.5) is 0 Å². The Kier molecular flexibility index (Phi) is 5.66. The van der Waals surface area contributed by atoms with Gasteiger partial charge in [-0.3, -0.25) is 0 Å². The molecule has 1 aromatic heterocycles. The van der Waals surface area contributed by atoms with Gasteiger partial charge in [0, 0.05) is 6.61 Å². The van der Waals surface area contributed by atoms with E-state index in [9.17, 15) is 9.90 Å². The lowest BCUT2D eigenvalue weighted by Crippen LogP contribution is -2.10. The number of carbonyl (C=O) groups is 1. The van der Waals surface area contributed by atoms with Crippen molar-refractivity contribution in [1.29, 1.82) is 0 Å². The van der Waals surface area contributed by atoms with Crippen LogP contribution >= 0.6 is 0 Å². The smallest absolute Gasteiger partial charge is 0.339 e. The summed E-state index contributed by atoms with van der Waals surface area (Å²) in [7, 11) is 0. The number of para-hydroxylation sites is 1. The highest BCUT2D eigenvalue weighted by molar-refractivity contribution is 5.88. The lowest BCUT2D eigenvalue weighted by atomic mass is 10.1. The molecule has 0 spiro atoms. The summed E-state index contributed by atoms with van der Waals surface area (Å²) >= 11 is 0. The van der Waals surface area contributed by atoms with Crippen molar-refractivity contribution in [3.05, 3.63) is 77.6 Å². The van der Waals surface area contributed by atoms with Crippen LogP contribution in [0, 0.1) is 0 Å². The summed E-state index contributed by atoms with van der Waals surface area (Å²) in [4.78, 5) is 11.5. The fourth-order valence-corrected chi connectivity index (χ4v) is 2.67. The van der Waals surface area contributed by atoms with Crippen molar-refractivity contribution in [2.75, 3.05) is 6.61 Å². The number of rotatable bonds is 8. The van der Waals surface area contributed by atoms with E-state index in [0.717, 1.165) is 24.1 Å². The zero-order valence-electron chi connectivity index (χ0n) is 14.2. The van der Waals surface area contributed by atoms with Crippen molar-refractivity contribution in [2.45, 2.75) is 19.4 Å². The summed E-state index contributed by atoms with van der Waals surface area (Å²) < 4.78 is 7.37. The number of ether oxygens (including phenoxy) is 1. The number of aliphatic hydroxyl groups excluding tert-OH is 1. The summed E-state index contributed by atoms with van der Waals surface area (Å²) in [6.45, 7) is 0.256. The molecule has 0 radical (unpaired) electrons. The van der Waals surface area contributed by atoms with Crippen LogP contribution < -0.4 is 4.74 Å². The first-order valence-corrected chi connectivity index (χ1v) is 8.37. The van der Waals surface area contributed by atoms with E-state index in [-0.39, 0.29) is 18.8 Å². The maximum Gasteiger partial charge on any atom is 0.339 e. The predicted molar refractivity (Wildman–Crippen MR) is 96.7 cm³/mol. The molecule has 0 unspecified atom stereocenters. The molecule has 0 amide bonds. The molecule has 6 heteroatoms. The highest BCUT2D eigenvalue weighted by atomic mass is 16.5. The number of aliphatic hydroxyl groups is 1. The van der Waals surface area contributed by atoms with Crippen LogP contribution in [-0.2, 0) is 13.0 Å². The fraction of sp³-hybridized carbons (Fsp3) is 0.200. The minimum absolute atomic E-state index is 0.0898. The molecule has 0 bridgehead atoms. The van der Waals surface area contributed by atoms with Crippen LogP contribution in [0.3, 0.4) is 0 Å². The molecule has 0 aliphatic carbocycles. The maximum atomic E-state index is 11.5. The average Bonchev–Trinajstić information content (AvgIpc) is 3.10. The fourth-order valence-electron chi connectivity index (χ4n) is 2.67. The van der Waals surface area contributed by atoms with Crippen LogP contribution in [0.2, 0.25) is 0 Å². The van der Waals surface area contributed by atoms with Crippen LogP contribution in [0.1, 0.15) is 28.0 Å². The Morgan fingerprint density at radius 2 is 1.81 bits per heavy atom. The molecule has 2 aromatic carbocycles. The second-order valence-electron chi connectivity index (χ2n) is 5.82. The highest BCUT2D eigenvalue weighted by Gasteiger charge is 2.18. The molecule has 3 aromatic rings. The van der Waals surface area contributed by atoms with Crippen molar-refractivity contribution in [3.8, 4) is 11.4 Å². The van der Waals surface area contributed by atoms with Gasteiger partial charge in [-0.2, -0.15) is 5.10 Å². The van der Waals surface area contributed by atoms with Gasteiger partial charge >= 0.3 is 5.97 Å². The first-order chi connectivity index (χ1) is 12.7. The number of benzene rings is 2. The molecule has 2 N–H and O–H groups in total. The van der Waals surface area contributed by atoms with Crippen LogP contribution in [-0.4, -0.2) is 32.6 Å². The molecule has 0 aliphatic rings. The predicted octanol–water partition coefficient (Wildman–Crippen LogP) is 3.07. The summed E-state index contributed by atoms with van der Waals surface area (Å²) in [5.74, 6) is -0.389. The number of hydrogen-bond donors (Lipinski definition) is 2. The number of hydrogen-bond acceptors (Lipinski definition) is 4. The molecule has 1 heterocycles. The van der Waals surface area contributed by atoms with Crippen molar-refractivity contribution in [2.24, 2.45) is 0 Å². The minimum atomic E-state index is -1.04. The molecular weight excluding hydrogens is 332 g/mol. The van der Waals surface area contributed by atoms with Crippen molar-refractivity contribution < 1.29 is 19.7 Å². The van der Waals surface area contributed by atoms with E-state index in [1.807, 2.05) is 54.6 Å². The Labute approximate surface area is 151 Å². The molecule has 3 rings (SSSR count). The van der Waals surface area contributed by atoms with E-state index in [0.29, 0.717) is 11.4 Å². The third-order valence-electron chi connectivity index (χ3n) is 4.02. The van der Waals surface area contributed by atoms with Gasteiger partial charge in [0.2, 0.25) is 0 Å². The number of nitrogens with zero attached hydrogens (tertiary/aromatic N) is 2. The zero-order chi connectivity index (χ0) is 18.4. The van der Waals surface area contributed by atoms with Crippen LogP contribution in [0.5, 0.6) is 5.75 Å². The van der Waals surface area contributed by atoms with Crippen LogP contribution in [0.25, 0.3) is 5.69 Å². The van der Waals surface area contributed by atoms with Crippen molar-refractivity contribution in [3.63, 3.8) is 0 Å². The Hall–Kier alpha value is -3.12. The molecule has 0 atom stereocenters. The molecule has 6 nitrogen and oxygen atoms in total. The van der Waals surface area contributed by atoms with Gasteiger partial charge in [0.25, 0.3) is 0 Å². The number of aryl methyl sites for hydroxylation is 1. The number of carboxylic acids is 1. The second kappa shape index (κ2) is 8.31. The van der Waals surface area contributed by atoms with E-state index < -0.39 is 5.97 Å². The molecule has 0 aliphatic heterocycles. The van der Waals surface area contributed by atoms with Gasteiger partial charge in [-0.15, -0.1) is 0 Å². The quantitative estimate of drug-likeness (QED) is 0.651. The third kappa shape index (κ3) is 4.10. The summed E-state index contributed by atoms with van der Waals surface area (Å²) in [6, 6.07) is 16.9.